The summed E-state index contributed by atoms with van der Waals surface area (Å²) in [6.45, 7) is 6.59. The van der Waals surface area contributed by atoms with Gasteiger partial charge in [0, 0.05) is 43.2 Å². The monoisotopic (exact) mass is 398 g/mol. The predicted octanol–water partition coefficient (Wildman–Crippen LogP) is 4.04. The van der Waals surface area contributed by atoms with E-state index < -0.39 is 0 Å². The Morgan fingerprint density at radius 3 is 2.43 bits per heavy atom. The molecule has 5 rings (SSSR count). The van der Waals surface area contributed by atoms with Gasteiger partial charge in [-0.05, 0) is 31.5 Å². The maximum Gasteiger partial charge on any atom is 0.254 e. The van der Waals surface area contributed by atoms with E-state index in [9.17, 15) is 4.79 Å². The Balaban J connectivity index is 1.46. The molecule has 1 aromatic heterocycles. The van der Waals surface area contributed by atoms with Crippen molar-refractivity contribution in [2.24, 2.45) is 11.8 Å². The summed E-state index contributed by atoms with van der Waals surface area (Å²) in [7, 11) is 0. The number of amides is 1. The molecule has 2 fully saturated rings. The van der Waals surface area contributed by atoms with Crippen LogP contribution in [0.25, 0.3) is 0 Å². The van der Waals surface area contributed by atoms with E-state index in [1.54, 1.807) is 6.20 Å². The van der Waals surface area contributed by atoms with Crippen LogP contribution in [0, 0.1) is 25.7 Å². The molecular weight excluding hydrogens is 372 g/mol. The maximum absolute atomic E-state index is 13.5. The number of likely N-dealkylation sites (tertiary alicyclic amines) is 1. The highest BCUT2D eigenvalue weighted by molar-refractivity contribution is 5.94. The van der Waals surface area contributed by atoms with E-state index in [0.29, 0.717) is 11.8 Å². The van der Waals surface area contributed by atoms with Crippen LogP contribution in [0.2, 0.25) is 0 Å². The zero-order valence-corrected chi connectivity index (χ0v) is 17.4. The average Bonchev–Trinajstić information content (AvgIpc) is 3.32. The van der Waals surface area contributed by atoms with Gasteiger partial charge < -0.3 is 9.80 Å². The highest BCUT2D eigenvalue weighted by Gasteiger charge is 2.49. The van der Waals surface area contributed by atoms with Gasteiger partial charge in [0.1, 0.15) is 5.82 Å². The number of hydrogen-bond donors (Lipinski definition) is 0. The first-order valence-corrected chi connectivity index (χ1v) is 10.6. The van der Waals surface area contributed by atoms with Gasteiger partial charge in [0.2, 0.25) is 0 Å². The lowest BCUT2D eigenvalue weighted by Gasteiger charge is -2.30. The largest absolute Gasteiger partial charge is 0.355 e. The van der Waals surface area contributed by atoms with Crippen LogP contribution in [0.1, 0.15) is 33.2 Å². The van der Waals surface area contributed by atoms with Crippen molar-refractivity contribution < 1.29 is 4.79 Å². The first-order valence-electron chi connectivity index (χ1n) is 10.6. The van der Waals surface area contributed by atoms with Crippen molar-refractivity contribution in [2.75, 3.05) is 24.5 Å². The molecule has 0 saturated carbocycles. The molecule has 152 valence electrons. The Kier molecular flexibility index (Phi) is 4.74. The van der Waals surface area contributed by atoms with Crippen LogP contribution in [-0.2, 0) is 0 Å². The van der Waals surface area contributed by atoms with Gasteiger partial charge in [-0.3, -0.25) is 9.78 Å². The second kappa shape index (κ2) is 7.56. The van der Waals surface area contributed by atoms with E-state index in [4.69, 9.17) is 0 Å². The third kappa shape index (κ3) is 3.34. The summed E-state index contributed by atoms with van der Waals surface area (Å²) in [6.07, 6.45) is 3.63. The highest BCUT2D eigenvalue weighted by atomic mass is 16.2. The van der Waals surface area contributed by atoms with Gasteiger partial charge in [-0.15, -0.1) is 0 Å². The van der Waals surface area contributed by atoms with Gasteiger partial charge in [0.05, 0.1) is 17.9 Å². The summed E-state index contributed by atoms with van der Waals surface area (Å²) < 4.78 is 0. The Bertz CT molecular complexity index is 1050. The fraction of sp³-hybridized carbons (Fsp3) is 0.320. The van der Waals surface area contributed by atoms with Gasteiger partial charge in [-0.25, -0.2) is 4.98 Å². The van der Waals surface area contributed by atoms with Gasteiger partial charge in [0.25, 0.3) is 5.91 Å². The standard InChI is InChI=1S/C25H26N4O/c1-17-8-10-20(11-9-17)25(30)29-15-21-14-28(23-13-26-12-18(2)27-23)16-22(21)24(29)19-6-4-3-5-7-19/h3-13,21-22,24H,14-16H2,1-2H3/t21-,22-,24+/m0/s1. The molecule has 3 atom stereocenters. The Morgan fingerprint density at radius 2 is 1.70 bits per heavy atom. The lowest BCUT2D eigenvalue weighted by Crippen LogP contribution is -2.36. The minimum atomic E-state index is 0.0766. The van der Waals surface area contributed by atoms with Crippen LogP contribution in [0.15, 0.2) is 67.0 Å². The van der Waals surface area contributed by atoms with Crippen LogP contribution in [0.5, 0.6) is 0 Å². The summed E-state index contributed by atoms with van der Waals surface area (Å²) in [5.41, 5.74) is 4.07. The number of aromatic nitrogens is 2. The third-order valence-electron chi connectivity index (χ3n) is 6.43. The lowest BCUT2D eigenvalue weighted by molar-refractivity contribution is 0.0715. The highest BCUT2D eigenvalue weighted by Crippen LogP contribution is 2.46. The molecule has 5 heteroatoms. The Morgan fingerprint density at radius 1 is 0.933 bits per heavy atom. The molecule has 0 unspecified atom stereocenters. The number of nitrogens with zero attached hydrogens (tertiary/aromatic N) is 4. The van der Waals surface area contributed by atoms with Crippen molar-refractivity contribution in [3.05, 3.63) is 89.4 Å². The fourth-order valence-corrected chi connectivity index (χ4v) is 4.98. The molecule has 0 spiro atoms. The topological polar surface area (TPSA) is 49.3 Å². The Labute approximate surface area is 177 Å². The molecule has 30 heavy (non-hydrogen) atoms. The van der Waals surface area contributed by atoms with Crippen molar-refractivity contribution in [1.82, 2.24) is 14.9 Å². The normalized spacial score (nSPS) is 22.9. The molecule has 2 saturated heterocycles. The molecular formula is C25H26N4O. The van der Waals surface area contributed by atoms with Crippen LogP contribution in [-0.4, -0.2) is 40.4 Å². The van der Waals surface area contributed by atoms with Gasteiger partial charge in [0.15, 0.2) is 0 Å². The van der Waals surface area contributed by atoms with Gasteiger partial charge in [-0.2, -0.15) is 0 Å². The summed E-state index contributed by atoms with van der Waals surface area (Å²) in [5.74, 6) is 1.86. The van der Waals surface area contributed by atoms with Crippen LogP contribution in [0.3, 0.4) is 0 Å². The lowest BCUT2D eigenvalue weighted by atomic mass is 9.89. The smallest absolute Gasteiger partial charge is 0.254 e. The minimum absolute atomic E-state index is 0.0766. The number of benzene rings is 2. The number of fused-ring (bicyclic) bond motifs is 1. The number of aryl methyl sites for hydroxylation is 2. The molecule has 2 aliphatic rings. The summed E-state index contributed by atoms with van der Waals surface area (Å²) in [5, 5.41) is 0. The van der Waals surface area contributed by atoms with E-state index >= 15 is 0 Å². The molecule has 5 nitrogen and oxygen atoms in total. The number of anilines is 1. The predicted molar refractivity (Wildman–Crippen MR) is 117 cm³/mol. The second-order valence-electron chi connectivity index (χ2n) is 8.53. The number of carbonyl (C=O) groups is 1. The van der Waals surface area contributed by atoms with E-state index in [-0.39, 0.29) is 11.9 Å². The number of hydrogen-bond acceptors (Lipinski definition) is 4. The summed E-state index contributed by atoms with van der Waals surface area (Å²) in [4.78, 5) is 26.9. The van der Waals surface area contributed by atoms with E-state index in [2.05, 4.69) is 44.0 Å². The first-order chi connectivity index (χ1) is 14.6. The van der Waals surface area contributed by atoms with Crippen LogP contribution in [0.4, 0.5) is 5.82 Å². The van der Waals surface area contributed by atoms with Gasteiger partial charge >= 0.3 is 0 Å². The minimum Gasteiger partial charge on any atom is -0.355 e. The van der Waals surface area contributed by atoms with E-state index in [0.717, 1.165) is 36.7 Å². The fourth-order valence-electron chi connectivity index (χ4n) is 4.98. The van der Waals surface area contributed by atoms with Crippen molar-refractivity contribution >= 4 is 11.7 Å². The molecule has 0 N–H and O–H groups in total. The van der Waals surface area contributed by atoms with Crippen LogP contribution < -0.4 is 4.90 Å². The van der Waals surface area contributed by atoms with E-state index in [1.165, 1.54) is 11.1 Å². The van der Waals surface area contributed by atoms with Crippen molar-refractivity contribution in [3.8, 4) is 0 Å². The molecule has 2 aliphatic heterocycles. The maximum atomic E-state index is 13.5. The van der Waals surface area contributed by atoms with Crippen molar-refractivity contribution in [2.45, 2.75) is 19.9 Å². The second-order valence-corrected chi connectivity index (χ2v) is 8.53. The van der Waals surface area contributed by atoms with E-state index in [1.807, 2.05) is 50.4 Å². The SMILES string of the molecule is Cc1ccc(C(=O)N2C[C@@H]3CN(c4cncc(C)n4)C[C@@H]3[C@H]2c2ccccc2)cc1. The summed E-state index contributed by atoms with van der Waals surface area (Å²) >= 11 is 0. The molecule has 0 radical (unpaired) electrons. The average molecular weight is 399 g/mol. The Hall–Kier alpha value is -3.21. The zero-order valence-electron chi connectivity index (χ0n) is 17.4. The number of rotatable bonds is 3. The van der Waals surface area contributed by atoms with Gasteiger partial charge in [-0.1, -0.05) is 48.0 Å². The molecule has 0 aliphatic carbocycles. The van der Waals surface area contributed by atoms with Crippen molar-refractivity contribution in [3.63, 3.8) is 0 Å². The van der Waals surface area contributed by atoms with Crippen LogP contribution >= 0.6 is 0 Å². The quantitative estimate of drug-likeness (QED) is 0.668. The summed E-state index contributed by atoms with van der Waals surface area (Å²) in [6, 6.07) is 18.5. The molecule has 3 heterocycles. The first kappa shape index (κ1) is 18.8. The molecule has 2 aromatic carbocycles. The molecule has 1 amide bonds. The molecule has 3 aromatic rings. The third-order valence-corrected chi connectivity index (χ3v) is 6.43. The molecule has 0 bridgehead atoms. The number of carbonyl (C=O) groups excluding carboxylic acids is 1. The van der Waals surface area contributed by atoms with Crippen molar-refractivity contribution in [1.29, 1.82) is 0 Å². The zero-order chi connectivity index (χ0) is 20.7.